The molecule has 0 aliphatic rings. The molecule has 28 heavy (non-hydrogen) atoms. The molecule has 2 aromatic rings. The maximum atomic E-state index is 12.5. The highest BCUT2D eigenvalue weighted by Gasteiger charge is 2.19. The highest BCUT2D eigenvalue weighted by molar-refractivity contribution is 6.33. The van der Waals surface area contributed by atoms with E-state index in [-0.39, 0.29) is 34.4 Å². The van der Waals surface area contributed by atoms with Crippen LogP contribution < -0.4 is 21.1 Å². The molecule has 8 heteroatoms. The predicted molar refractivity (Wildman–Crippen MR) is 116 cm³/mol. The van der Waals surface area contributed by atoms with Crippen LogP contribution in [0.15, 0.2) is 36.4 Å². The number of hydrogen-bond donors (Lipinski definition) is 3. The van der Waals surface area contributed by atoms with Gasteiger partial charge < -0.3 is 21.1 Å². The van der Waals surface area contributed by atoms with E-state index in [1.807, 2.05) is 20.8 Å². The number of nitrogen functional groups attached to an aromatic ring is 1. The summed E-state index contributed by atoms with van der Waals surface area (Å²) in [6.07, 6.45) is 0.818. The van der Waals surface area contributed by atoms with E-state index in [1.165, 1.54) is 19.2 Å². The van der Waals surface area contributed by atoms with Crippen molar-refractivity contribution in [1.82, 2.24) is 5.32 Å². The summed E-state index contributed by atoms with van der Waals surface area (Å²) in [5, 5.41) is 5.99. The third-order valence-electron chi connectivity index (χ3n) is 4.30. The van der Waals surface area contributed by atoms with Crippen LogP contribution >= 0.6 is 24.0 Å². The summed E-state index contributed by atoms with van der Waals surface area (Å²) in [6.45, 7) is 5.94. The summed E-state index contributed by atoms with van der Waals surface area (Å²) in [6, 6.07) is 9.60. The van der Waals surface area contributed by atoms with Gasteiger partial charge in [0.15, 0.2) is 0 Å². The maximum Gasteiger partial charge on any atom is 0.259 e. The van der Waals surface area contributed by atoms with Crippen LogP contribution in [0.3, 0.4) is 0 Å². The Morgan fingerprint density at radius 1 is 1.14 bits per heavy atom. The number of hydrogen-bond acceptors (Lipinski definition) is 4. The van der Waals surface area contributed by atoms with Crippen LogP contribution in [-0.2, 0) is 0 Å². The van der Waals surface area contributed by atoms with E-state index in [4.69, 9.17) is 22.1 Å². The Hall–Kier alpha value is -2.44. The van der Waals surface area contributed by atoms with E-state index in [2.05, 4.69) is 10.6 Å². The molecular weight excluding hydrogens is 401 g/mol. The van der Waals surface area contributed by atoms with Crippen molar-refractivity contribution in [3.05, 3.63) is 52.5 Å². The smallest absolute Gasteiger partial charge is 0.259 e. The number of amides is 2. The Labute approximate surface area is 176 Å². The zero-order chi connectivity index (χ0) is 20.2. The largest absolute Gasteiger partial charge is 0.496 e. The molecule has 0 radical (unpaired) electrons. The zero-order valence-corrected chi connectivity index (χ0v) is 17.8. The second-order valence-corrected chi connectivity index (χ2v) is 7.20. The number of rotatable bonds is 6. The number of nitrogens with one attached hydrogen (secondary N) is 2. The van der Waals surface area contributed by atoms with Gasteiger partial charge in [0.25, 0.3) is 11.8 Å². The van der Waals surface area contributed by atoms with Crippen molar-refractivity contribution in [2.75, 3.05) is 18.2 Å². The average Bonchev–Trinajstić information content (AvgIpc) is 2.63. The molecule has 0 aliphatic heterocycles. The van der Waals surface area contributed by atoms with E-state index < -0.39 is 5.91 Å². The molecule has 0 heterocycles. The first kappa shape index (κ1) is 23.6. The van der Waals surface area contributed by atoms with Crippen LogP contribution in [0.1, 0.15) is 47.9 Å². The number of ether oxygens (including phenoxy) is 1. The first-order chi connectivity index (χ1) is 12.7. The third-order valence-corrected chi connectivity index (χ3v) is 4.63. The second-order valence-electron chi connectivity index (χ2n) is 6.80. The highest BCUT2D eigenvalue weighted by atomic mass is 35.5. The third kappa shape index (κ3) is 5.78. The molecule has 0 aliphatic carbocycles. The summed E-state index contributed by atoms with van der Waals surface area (Å²) >= 11 is 6.01. The van der Waals surface area contributed by atoms with Crippen LogP contribution in [0.4, 0.5) is 11.4 Å². The van der Waals surface area contributed by atoms with Gasteiger partial charge in [-0.3, -0.25) is 9.59 Å². The maximum absolute atomic E-state index is 12.5. The lowest BCUT2D eigenvalue weighted by Gasteiger charge is -2.24. The summed E-state index contributed by atoms with van der Waals surface area (Å²) in [5.74, 6) is -0.225. The molecule has 4 N–H and O–H groups in total. The number of methoxy groups -OCH3 is 1. The van der Waals surface area contributed by atoms with Gasteiger partial charge in [0.05, 0.1) is 23.4 Å². The number of anilines is 2. The average molecular weight is 426 g/mol. The molecule has 0 spiro atoms. The van der Waals surface area contributed by atoms with E-state index >= 15 is 0 Å². The standard InChI is InChI=1S/C20H24ClN3O3.ClH/c1-5-20(2,3)24-18(25)12-6-8-13(9-7-12)23-19(26)14-10-15(21)16(22)11-17(14)27-4;/h6-11H,5,22H2,1-4H3,(H,23,26)(H,24,25);1H. The van der Waals surface area contributed by atoms with E-state index in [0.29, 0.717) is 22.7 Å². The van der Waals surface area contributed by atoms with Crippen molar-refractivity contribution >= 4 is 47.2 Å². The fourth-order valence-electron chi connectivity index (χ4n) is 2.29. The summed E-state index contributed by atoms with van der Waals surface area (Å²) in [4.78, 5) is 24.8. The van der Waals surface area contributed by atoms with Gasteiger partial charge in [-0.2, -0.15) is 0 Å². The molecule has 0 bridgehead atoms. The van der Waals surface area contributed by atoms with Crippen molar-refractivity contribution in [2.24, 2.45) is 0 Å². The molecule has 0 atom stereocenters. The van der Waals surface area contributed by atoms with Gasteiger partial charge in [0.2, 0.25) is 0 Å². The van der Waals surface area contributed by atoms with Crippen LogP contribution in [0.25, 0.3) is 0 Å². The van der Waals surface area contributed by atoms with Crippen LogP contribution in [0.5, 0.6) is 5.75 Å². The first-order valence-corrected chi connectivity index (χ1v) is 8.91. The molecular formula is C20H25Cl2N3O3. The van der Waals surface area contributed by atoms with Crippen molar-refractivity contribution in [2.45, 2.75) is 32.7 Å². The van der Waals surface area contributed by atoms with Crippen LogP contribution in [-0.4, -0.2) is 24.5 Å². The number of carbonyl (C=O) groups is 2. The molecule has 0 saturated carbocycles. The van der Waals surface area contributed by atoms with Gasteiger partial charge >= 0.3 is 0 Å². The molecule has 0 aromatic heterocycles. The summed E-state index contributed by atoms with van der Waals surface area (Å²) in [5.41, 5.74) is 7.11. The Morgan fingerprint density at radius 3 is 2.29 bits per heavy atom. The fraction of sp³-hybridized carbons (Fsp3) is 0.300. The molecule has 6 nitrogen and oxygen atoms in total. The monoisotopic (exact) mass is 425 g/mol. The predicted octanol–water partition coefficient (Wildman–Crippen LogP) is 4.52. The van der Waals surface area contributed by atoms with Gasteiger partial charge in [-0.1, -0.05) is 18.5 Å². The number of carbonyl (C=O) groups excluding carboxylic acids is 2. The topological polar surface area (TPSA) is 93.5 Å². The second kappa shape index (κ2) is 9.66. The highest BCUT2D eigenvalue weighted by Crippen LogP contribution is 2.29. The van der Waals surface area contributed by atoms with Crippen molar-refractivity contribution in [3.63, 3.8) is 0 Å². The SMILES string of the molecule is CCC(C)(C)NC(=O)c1ccc(NC(=O)c2cc(Cl)c(N)cc2OC)cc1.Cl. The minimum absolute atomic E-state index is 0. The Kier molecular flexibility index (Phi) is 8.14. The Bertz CT molecular complexity index is 853. The molecule has 0 saturated heterocycles. The van der Waals surface area contributed by atoms with Crippen molar-refractivity contribution in [3.8, 4) is 5.75 Å². The van der Waals surface area contributed by atoms with Gasteiger partial charge in [0.1, 0.15) is 5.75 Å². The Balaban J connectivity index is 0.00000392. The van der Waals surface area contributed by atoms with E-state index in [1.54, 1.807) is 24.3 Å². The van der Waals surface area contributed by atoms with Gasteiger partial charge in [-0.05, 0) is 50.6 Å². The number of halogens is 2. The molecule has 2 rings (SSSR count). The number of nitrogens with two attached hydrogens (primary N) is 1. The van der Waals surface area contributed by atoms with Gasteiger partial charge in [-0.15, -0.1) is 12.4 Å². The summed E-state index contributed by atoms with van der Waals surface area (Å²) in [7, 11) is 1.45. The minimum Gasteiger partial charge on any atom is -0.496 e. The van der Waals surface area contributed by atoms with Crippen LogP contribution in [0.2, 0.25) is 5.02 Å². The lowest BCUT2D eigenvalue weighted by atomic mass is 10.0. The van der Waals surface area contributed by atoms with E-state index in [0.717, 1.165) is 6.42 Å². The lowest BCUT2D eigenvalue weighted by molar-refractivity contribution is 0.0910. The number of benzene rings is 2. The Morgan fingerprint density at radius 2 is 1.75 bits per heavy atom. The lowest BCUT2D eigenvalue weighted by Crippen LogP contribution is -2.42. The molecule has 2 aromatic carbocycles. The molecule has 0 unspecified atom stereocenters. The molecule has 152 valence electrons. The normalized spacial score (nSPS) is 10.6. The van der Waals surface area contributed by atoms with Crippen molar-refractivity contribution < 1.29 is 14.3 Å². The van der Waals surface area contributed by atoms with Crippen LogP contribution in [0, 0.1) is 0 Å². The fourth-order valence-corrected chi connectivity index (χ4v) is 2.45. The van der Waals surface area contributed by atoms with Crippen molar-refractivity contribution in [1.29, 1.82) is 0 Å². The summed E-state index contributed by atoms with van der Waals surface area (Å²) < 4.78 is 5.20. The van der Waals surface area contributed by atoms with Gasteiger partial charge in [0, 0.05) is 22.9 Å². The van der Waals surface area contributed by atoms with E-state index in [9.17, 15) is 9.59 Å². The first-order valence-electron chi connectivity index (χ1n) is 8.54. The minimum atomic E-state index is -0.391. The zero-order valence-electron chi connectivity index (χ0n) is 16.3. The quantitative estimate of drug-likeness (QED) is 0.592. The molecule has 0 fully saturated rings. The molecule has 2 amide bonds. The van der Waals surface area contributed by atoms with Gasteiger partial charge in [-0.25, -0.2) is 0 Å².